The van der Waals surface area contributed by atoms with Gasteiger partial charge in [0.2, 0.25) is 5.91 Å². The number of nitrogens with zero attached hydrogens (tertiary/aromatic N) is 1. The van der Waals surface area contributed by atoms with Crippen molar-refractivity contribution in [1.29, 1.82) is 0 Å². The van der Waals surface area contributed by atoms with Crippen LogP contribution in [0.2, 0.25) is 0 Å². The molecule has 0 bridgehead atoms. The second-order valence-electron chi connectivity index (χ2n) is 6.69. The molecule has 3 rings (SSSR count). The molecular weight excluding hydrogens is 375 g/mol. The summed E-state index contributed by atoms with van der Waals surface area (Å²) in [7, 11) is 0. The number of hydrogen-bond donors (Lipinski definition) is 3. The van der Waals surface area contributed by atoms with Gasteiger partial charge in [0.15, 0.2) is 0 Å². The van der Waals surface area contributed by atoms with E-state index in [-0.39, 0.29) is 42.2 Å². The first-order chi connectivity index (χ1) is 12.6. The predicted molar refractivity (Wildman–Crippen MR) is 103 cm³/mol. The molecule has 2 saturated heterocycles. The van der Waals surface area contributed by atoms with Crippen LogP contribution in [0.1, 0.15) is 19.3 Å². The van der Waals surface area contributed by atoms with Gasteiger partial charge < -0.3 is 25.6 Å². The number of morpholine rings is 1. The lowest BCUT2D eigenvalue weighted by molar-refractivity contribution is -0.133. The highest BCUT2D eigenvalue weighted by Crippen LogP contribution is 2.14. The maximum atomic E-state index is 12.9. The summed E-state index contributed by atoms with van der Waals surface area (Å²) in [6, 6.07) is 5.42. The van der Waals surface area contributed by atoms with Gasteiger partial charge in [-0.25, -0.2) is 9.18 Å². The molecule has 150 valence electrons. The van der Waals surface area contributed by atoms with Gasteiger partial charge in [-0.3, -0.25) is 4.79 Å². The summed E-state index contributed by atoms with van der Waals surface area (Å²) in [6.07, 6.45) is 1.89. The number of piperidine rings is 1. The molecule has 1 atom stereocenters. The summed E-state index contributed by atoms with van der Waals surface area (Å²) >= 11 is 0. The Kier molecular flexibility index (Phi) is 8.27. The summed E-state index contributed by atoms with van der Waals surface area (Å²) in [4.78, 5) is 26.2. The van der Waals surface area contributed by atoms with Crippen LogP contribution < -0.4 is 16.0 Å². The zero-order chi connectivity index (χ0) is 18.4. The number of amides is 3. The van der Waals surface area contributed by atoms with Gasteiger partial charge in [0, 0.05) is 43.8 Å². The fraction of sp³-hybridized carbons (Fsp3) is 0.556. The zero-order valence-corrected chi connectivity index (χ0v) is 15.9. The van der Waals surface area contributed by atoms with E-state index in [1.54, 1.807) is 0 Å². The van der Waals surface area contributed by atoms with Crippen LogP contribution in [0.15, 0.2) is 24.3 Å². The van der Waals surface area contributed by atoms with Gasteiger partial charge in [-0.2, -0.15) is 0 Å². The minimum atomic E-state index is -0.344. The Morgan fingerprint density at radius 1 is 1.22 bits per heavy atom. The van der Waals surface area contributed by atoms with E-state index in [0.717, 1.165) is 19.4 Å². The van der Waals surface area contributed by atoms with Crippen molar-refractivity contribution in [3.63, 3.8) is 0 Å². The molecule has 3 amide bonds. The molecule has 1 aromatic carbocycles. The van der Waals surface area contributed by atoms with Crippen molar-refractivity contribution in [3.8, 4) is 0 Å². The topological polar surface area (TPSA) is 82.7 Å². The molecule has 9 heteroatoms. The molecule has 0 aliphatic carbocycles. The summed E-state index contributed by atoms with van der Waals surface area (Å²) < 4.78 is 18.3. The molecule has 0 spiro atoms. The quantitative estimate of drug-likeness (QED) is 0.719. The SMILES string of the molecule is Cl.O=C(Nc1ccc(F)cc1)NC1CCN(C(=O)CC2COCCN2)CC1. The van der Waals surface area contributed by atoms with E-state index < -0.39 is 0 Å². The number of carbonyl (C=O) groups excluding carboxylic acids is 2. The molecule has 2 fully saturated rings. The highest BCUT2D eigenvalue weighted by molar-refractivity contribution is 5.89. The van der Waals surface area contributed by atoms with E-state index in [4.69, 9.17) is 4.74 Å². The third kappa shape index (κ3) is 6.64. The number of rotatable bonds is 4. The van der Waals surface area contributed by atoms with E-state index in [1.165, 1.54) is 24.3 Å². The molecular formula is C18H26ClFN4O3. The number of anilines is 1. The maximum absolute atomic E-state index is 12.9. The number of carbonyl (C=O) groups is 2. The van der Waals surface area contributed by atoms with Crippen LogP contribution in [0, 0.1) is 5.82 Å². The second-order valence-corrected chi connectivity index (χ2v) is 6.69. The van der Waals surface area contributed by atoms with Gasteiger partial charge in [-0.15, -0.1) is 12.4 Å². The number of benzene rings is 1. The van der Waals surface area contributed by atoms with E-state index in [9.17, 15) is 14.0 Å². The first-order valence-electron chi connectivity index (χ1n) is 9.02. The van der Waals surface area contributed by atoms with E-state index in [2.05, 4.69) is 16.0 Å². The molecule has 1 unspecified atom stereocenters. The number of halogens is 2. The van der Waals surface area contributed by atoms with Gasteiger partial charge in [-0.05, 0) is 37.1 Å². The first-order valence-corrected chi connectivity index (χ1v) is 9.02. The monoisotopic (exact) mass is 400 g/mol. The standard InChI is InChI=1S/C18H25FN4O3.ClH/c19-13-1-3-14(4-2-13)21-18(25)22-15-5-8-23(9-6-15)17(24)11-16-12-26-10-7-20-16;/h1-4,15-16,20H,5-12H2,(H2,21,22,25);1H. The Morgan fingerprint density at radius 2 is 1.93 bits per heavy atom. The lowest BCUT2D eigenvalue weighted by Crippen LogP contribution is -2.50. The predicted octanol–water partition coefficient (Wildman–Crippen LogP) is 1.74. The molecule has 0 aromatic heterocycles. The van der Waals surface area contributed by atoms with E-state index in [0.29, 0.717) is 38.4 Å². The molecule has 0 saturated carbocycles. The molecule has 1 aromatic rings. The minimum Gasteiger partial charge on any atom is -0.378 e. The van der Waals surface area contributed by atoms with Crippen molar-refractivity contribution in [2.45, 2.75) is 31.3 Å². The molecule has 3 N–H and O–H groups in total. The van der Waals surface area contributed by atoms with Crippen molar-refractivity contribution >= 4 is 30.0 Å². The molecule has 27 heavy (non-hydrogen) atoms. The Morgan fingerprint density at radius 3 is 2.56 bits per heavy atom. The molecule has 0 radical (unpaired) electrons. The number of hydrogen-bond acceptors (Lipinski definition) is 4. The van der Waals surface area contributed by atoms with Gasteiger partial charge in [0.25, 0.3) is 0 Å². The maximum Gasteiger partial charge on any atom is 0.319 e. The van der Waals surface area contributed by atoms with Gasteiger partial charge in [0.1, 0.15) is 5.82 Å². The zero-order valence-electron chi connectivity index (χ0n) is 15.1. The Hall–Kier alpha value is -1.90. The Bertz CT molecular complexity index is 618. The summed E-state index contributed by atoms with van der Waals surface area (Å²) in [6.45, 7) is 3.32. The van der Waals surface area contributed by atoms with Gasteiger partial charge >= 0.3 is 6.03 Å². The Labute approximate surface area is 164 Å². The summed E-state index contributed by atoms with van der Waals surface area (Å²) in [5.74, 6) is -0.217. The number of likely N-dealkylation sites (tertiary alicyclic amines) is 1. The van der Waals surface area contributed by atoms with Crippen LogP contribution >= 0.6 is 12.4 Å². The van der Waals surface area contributed by atoms with Gasteiger partial charge in [0.05, 0.1) is 13.2 Å². The van der Waals surface area contributed by atoms with Crippen molar-refractivity contribution in [1.82, 2.24) is 15.5 Å². The average Bonchev–Trinajstić information content (AvgIpc) is 2.65. The van der Waals surface area contributed by atoms with Gasteiger partial charge in [-0.1, -0.05) is 0 Å². The van der Waals surface area contributed by atoms with E-state index in [1.807, 2.05) is 4.90 Å². The summed E-state index contributed by atoms with van der Waals surface area (Å²) in [5.41, 5.74) is 0.540. The smallest absolute Gasteiger partial charge is 0.319 e. The Balaban J connectivity index is 0.00000261. The van der Waals surface area contributed by atoms with Crippen LogP contribution in [0.3, 0.4) is 0 Å². The lowest BCUT2D eigenvalue weighted by atomic mass is 10.0. The third-order valence-corrected chi connectivity index (χ3v) is 4.70. The lowest BCUT2D eigenvalue weighted by Gasteiger charge is -2.34. The van der Waals surface area contributed by atoms with Crippen LogP contribution in [-0.2, 0) is 9.53 Å². The van der Waals surface area contributed by atoms with Crippen LogP contribution in [-0.4, -0.2) is 61.8 Å². The van der Waals surface area contributed by atoms with Crippen LogP contribution in [0.4, 0.5) is 14.9 Å². The largest absolute Gasteiger partial charge is 0.378 e. The fourth-order valence-corrected chi connectivity index (χ4v) is 3.25. The summed E-state index contributed by atoms with van der Waals surface area (Å²) in [5, 5.41) is 8.88. The second kappa shape index (κ2) is 10.4. The minimum absolute atomic E-state index is 0. The highest BCUT2D eigenvalue weighted by Gasteiger charge is 2.26. The molecule has 2 aliphatic heterocycles. The average molecular weight is 401 g/mol. The molecule has 2 heterocycles. The van der Waals surface area contributed by atoms with Crippen molar-refractivity contribution < 1.29 is 18.7 Å². The number of urea groups is 1. The highest BCUT2D eigenvalue weighted by atomic mass is 35.5. The van der Waals surface area contributed by atoms with Crippen LogP contribution in [0.25, 0.3) is 0 Å². The van der Waals surface area contributed by atoms with Crippen molar-refractivity contribution in [3.05, 3.63) is 30.1 Å². The number of nitrogens with one attached hydrogen (secondary N) is 3. The van der Waals surface area contributed by atoms with Crippen molar-refractivity contribution in [2.75, 3.05) is 38.2 Å². The van der Waals surface area contributed by atoms with Crippen molar-refractivity contribution in [2.24, 2.45) is 0 Å². The number of ether oxygens (including phenoxy) is 1. The molecule has 2 aliphatic rings. The fourth-order valence-electron chi connectivity index (χ4n) is 3.25. The first kappa shape index (κ1) is 21.4. The van der Waals surface area contributed by atoms with E-state index >= 15 is 0 Å². The molecule has 7 nitrogen and oxygen atoms in total. The van der Waals surface area contributed by atoms with Crippen LogP contribution in [0.5, 0.6) is 0 Å². The third-order valence-electron chi connectivity index (χ3n) is 4.70. The normalized spacial score (nSPS) is 20.5.